The highest BCUT2D eigenvalue weighted by Crippen LogP contribution is 2.37. The maximum Gasteiger partial charge on any atom is 0.393 e. The number of aliphatic carboxylic acids is 1. The average Bonchev–Trinajstić information content (AvgIpc) is 2.48. The van der Waals surface area contributed by atoms with Crippen LogP contribution in [-0.4, -0.2) is 41.8 Å². The summed E-state index contributed by atoms with van der Waals surface area (Å²) in [6.45, 7) is 3.38. The molecule has 0 aromatic carbocycles. The Morgan fingerprint density at radius 2 is 2.06 bits per heavy atom. The van der Waals surface area contributed by atoms with E-state index < -0.39 is 24.0 Å². The third-order valence-electron chi connectivity index (χ3n) is 2.52. The number of halogens is 4. The van der Waals surface area contributed by atoms with E-state index in [0.717, 1.165) is 0 Å². The van der Waals surface area contributed by atoms with Crippen LogP contribution in [0, 0.1) is 11.8 Å². The lowest BCUT2D eigenvalue weighted by Gasteiger charge is -2.17. The third kappa shape index (κ3) is 3.38. The molecule has 3 nitrogen and oxygen atoms in total. The zero-order valence-electron chi connectivity index (χ0n) is 8.41. The van der Waals surface area contributed by atoms with Crippen molar-refractivity contribution in [3.05, 3.63) is 12.7 Å². The van der Waals surface area contributed by atoms with Crippen LogP contribution in [0.1, 0.15) is 0 Å². The molecule has 1 rings (SSSR count). The third-order valence-corrected chi connectivity index (χ3v) is 2.52. The maximum atomic E-state index is 12.5. The van der Waals surface area contributed by atoms with Crippen LogP contribution in [0.25, 0.3) is 0 Å². The van der Waals surface area contributed by atoms with E-state index in [1.165, 1.54) is 11.0 Å². The van der Waals surface area contributed by atoms with Crippen LogP contribution in [0.4, 0.5) is 13.2 Å². The Kier molecular flexibility index (Phi) is 5.28. The predicted octanol–water partition coefficient (Wildman–Crippen LogP) is 1.79. The lowest BCUT2D eigenvalue weighted by Crippen LogP contribution is -2.33. The molecule has 1 aliphatic heterocycles. The van der Waals surface area contributed by atoms with Crippen molar-refractivity contribution < 1.29 is 23.1 Å². The Balaban J connectivity index is 0.00000225. The zero-order chi connectivity index (χ0) is 11.6. The van der Waals surface area contributed by atoms with Gasteiger partial charge in [0, 0.05) is 19.6 Å². The topological polar surface area (TPSA) is 40.5 Å². The molecular weight excluding hydrogens is 247 g/mol. The van der Waals surface area contributed by atoms with Crippen molar-refractivity contribution in [2.45, 2.75) is 6.18 Å². The standard InChI is InChI=1S/C9H12F3NO2.ClH/c1-2-3-13-4-6(8(14)15)7(5-13)9(10,11)12;/h2,6-7H,1,3-5H2,(H,14,15);1H/t6-,7-;/m1./s1. The van der Waals surface area contributed by atoms with E-state index in [1.54, 1.807) is 0 Å². The molecule has 1 saturated heterocycles. The number of rotatable bonds is 3. The van der Waals surface area contributed by atoms with Crippen molar-refractivity contribution in [2.75, 3.05) is 19.6 Å². The monoisotopic (exact) mass is 259 g/mol. The molecule has 1 N–H and O–H groups in total. The molecule has 0 aromatic heterocycles. The highest BCUT2D eigenvalue weighted by molar-refractivity contribution is 5.85. The van der Waals surface area contributed by atoms with Crippen LogP contribution in [0.15, 0.2) is 12.7 Å². The fourth-order valence-electron chi connectivity index (χ4n) is 1.80. The van der Waals surface area contributed by atoms with E-state index in [2.05, 4.69) is 6.58 Å². The predicted molar refractivity (Wildman–Crippen MR) is 54.6 cm³/mol. The first-order valence-electron chi connectivity index (χ1n) is 4.49. The highest BCUT2D eigenvalue weighted by atomic mass is 35.5. The van der Waals surface area contributed by atoms with Crippen molar-refractivity contribution in [2.24, 2.45) is 11.8 Å². The number of hydrogen-bond acceptors (Lipinski definition) is 2. The van der Waals surface area contributed by atoms with Gasteiger partial charge in [0.2, 0.25) is 0 Å². The average molecular weight is 260 g/mol. The number of hydrogen-bond donors (Lipinski definition) is 1. The van der Waals surface area contributed by atoms with E-state index in [9.17, 15) is 18.0 Å². The minimum atomic E-state index is -4.45. The van der Waals surface area contributed by atoms with Crippen LogP contribution in [0.3, 0.4) is 0 Å². The molecule has 0 saturated carbocycles. The molecule has 0 spiro atoms. The van der Waals surface area contributed by atoms with E-state index in [1.807, 2.05) is 0 Å². The Bertz CT molecular complexity index is 270. The summed E-state index contributed by atoms with van der Waals surface area (Å²) in [4.78, 5) is 12.1. The van der Waals surface area contributed by atoms with Gasteiger partial charge in [0.05, 0.1) is 11.8 Å². The SMILES string of the molecule is C=CCN1C[C@@H](C(F)(F)F)[C@H](C(=O)O)C1.Cl. The molecule has 7 heteroatoms. The van der Waals surface area contributed by atoms with E-state index in [-0.39, 0.29) is 32.0 Å². The van der Waals surface area contributed by atoms with Crippen LogP contribution >= 0.6 is 12.4 Å². The van der Waals surface area contributed by atoms with Gasteiger partial charge in [0.15, 0.2) is 0 Å². The second kappa shape index (κ2) is 5.54. The molecule has 16 heavy (non-hydrogen) atoms. The summed E-state index contributed by atoms with van der Waals surface area (Å²) in [5.41, 5.74) is 0. The molecular formula is C9H13ClF3NO2. The van der Waals surface area contributed by atoms with Gasteiger partial charge in [-0.05, 0) is 0 Å². The Morgan fingerprint density at radius 1 is 1.50 bits per heavy atom. The van der Waals surface area contributed by atoms with Crippen molar-refractivity contribution in [1.82, 2.24) is 4.90 Å². The van der Waals surface area contributed by atoms with Gasteiger partial charge in [-0.25, -0.2) is 0 Å². The smallest absolute Gasteiger partial charge is 0.393 e. The summed E-state index contributed by atoms with van der Waals surface area (Å²) in [5.74, 6) is -4.51. The molecule has 1 heterocycles. The van der Waals surface area contributed by atoms with Crippen LogP contribution in [-0.2, 0) is 4.79 Å². The van der Waals surface area contributed by atoms with Crippen molar-refractivity contribution in [1.29, 1.82) is 0 Å². The first kappa shape index (κ1) is 15.2. The molecule has 2 atom stereocenters. The van der Waals surface area contributed by atoms with Gasteiger partial charge in [-0.1, -0.05) is 6.08 Å². The summed E-state index contributed by atoms with van der Waals surface area (Å²) in [7, 11) is 0. The van der Waals surface area contributed by atoms with Gasteiger partial charge in [-0.2, -0.15) is 13.2 Å². The molecule has 94 valence electrons. The van der Waals surface area contributed by atoms with Crippen LogP contribution < -0.4 is 0 Å². The second-order valence-corrected chi connectivity index (χ2v) is 3.60. The molecule has 1 fully saturated rings. The lowest BCUT2D eigenvalue weighted by atomic mass is 9.96. The molecule has 1 aliphatic rings. The maximum absolute atomic E-state index is 12.5. The van der Waals surface area contributed by atoms with Crippen molar-refractivity contribution >= 4 is 18.4 Å². The number of carboxylic acids is 1. The molecule has 0 radical (unpaired) electrons. The minimum Gasteiger partial charge on any atom is -0.481 e. The lowest BCUT2D eigenvalue weighted by molar-refractivity contribution is -0.188. The second-order valence-electron chi connectivity index (χ2n) is 3.60. The van der Waals surface area contributed by atoms with Crippen LogP contribution in [0.5, 0.6) is 0 Å². The van der Waals surface area contributed by atoms with Gasteiger partial charge in [-0.15, -0.1) is 19.0 Å². The van der Waals surface area contributed by atoms with E-state index >= 15 is 0 Å². The molecule has 0 unspecified atom stereocenters. The summed E-state index contributed by atoms with van der Waals surface area (Å²) in [5, 5.41) is 8.68. The van der Waals surface area contributed by atoms with Gasteiger partial charge in [-0.3, -0.25) is 9.69 Å². The first-order chi connectivity index (χ1) is 6.86. The van der Waals surface area contributed by atoms with Gasteiger partial charge < -0.3 is 5.11 Å². The van der Waals surface area contributed by atoms with Gasteiger partial charge in [0.1, 0.15) is 0 Å². The Labute approximate surface area is 97.3 Å². The number of carbonyl (C=O) groups is 1. The molecule has 0 amide bonds. The summed E-state index contributed by atoms with van der Waals surface area (Å²) in [6, 6.07) is 0. The van der Waals surface area contributed by atoms with Crippen LogP contribution in [0.2, 0.25) is 0 Å². The number of nitrogens with zero attached hydrogens (tertiary/aromatic N) is 1. The van der Waals surface area contributed by atoms with Crippen molar-refractivity contribution in [3.8, 4) is 0 Å². The fraction of sp³-hybridized carbons (Fsp3) is 0.667. The normalized spacial score (nSPS) is 26.2. The Morgan fingerprint density at radius 3 is 2.38 bits per heavy atom. The first-order valence-corrected chi connectivity index (χ1v) is 4.49. The van der Waals surface area contributed by atoms with Crippen molar-refractivity contribution in [3.63, 3.8) is 0 Å². The summed E-state index contributed by atoms with van der Waals surface area (Å²) in [6.07, 6.45) is -2.98. The minimum absolute atomic E-state index is 0. The molecule has 0 bridgehead atoms. The quantitative estimate of drug-likeness (QED) is 0.786. The van der Waals surface area contributed by atoms with Gasteiger partial charge in [0.25, 0.3) is 0 Å². The zero-order valence-corrected chi connectivity index (χ0v) is 9.22. The molecule has 0 aliphatic carbocycles. The number of alkyl halides is 3. The van der Waals surface area contributed by atoms with E-state index in [0.29, 0.717) is 0 Å². The number of likely N-dealkylation sites (tertiary alicyclic amines) is 1. The fourth-order valence-corrected chi connectivity index (χ4v) is 1.80. The van der Waals surface area contributed by atoms with E-state index in [4.69, 9.17) is 5.11 Å². The Hall–Kier alpha value is -0.750. The summed E-state index contributed by atoms with van der Waals surface area (Å²) < 4.78 is 37.4. The number of carboxylic acid groups (broad SMARTS) is 1. The largest absolute Gasteiger partial charge is 0.481 e. The van der Waals surface area contributed by atoms with Gasteiger partial charge >= 0.3 is 12.1 Å². The molecule has 0 aromatic rings. The summed E-state index contributed by atoms with van der Waals surface area (Å²) >= 11 is 0. The highest BCUT2D eigenvalue weighted by Gasteiger charge is 2.52.